The van der Waals surface area contributed by atoms with E-state index >= 15 is 0 Å². The molecule has 1 heterocycles. The predicted molar refractivity (Wildman–Crippen MR) is 66.4 cm³/mol. The van der Waals surface area contributed by atoms with Crippen LogP contribution in [0.5, 0.6) is 0 Å². The molecule has 0 amide bonds. The largest absolute Gasteiger partial charge is 0.481 e. The molecular formula is C14H15NO3. The number of carboxylic acids is 1. The number of hydrogen-bond donors (Lipinski definition) is 1. The minimum atomic E-state index is -0.827. The van der Waals surface area contributed by atoms with E-state index in [1.54, 1.807) is 6.20 Å². The Labute approximate surface area is 105 Å². The van der Waals surface area contributed by atoms with Gasteiger partial charge in [0.1, 0.15) is 5.76 Å². The first-order valence-corrected chi connectivity index (χ1v) is 5.84. The zero-order valence-electron chi connectivity index (χ0n) is 10.2. The van der Waals surface area contributed by atoms with Crippen LogP contribution in [0.2, 0.25) is 0 Å². The normalized spacial score (nSPS) is 10.5. The molecule has 0 atom stereocenters. The summed E-state index contributed by atoms with van der Waals surface area (Å²) < 4.78 is 5.49. The van der Waals surface area contributed by atoms with Gasteiger partial charge < -0.3 is 9.52 Å². The van der Waals surface area contributed by atoms with Gasteiger partial charge in [0, 0.05) is 12.8 Å². The second-order valence-electron chi connectivity index (χ2n) is 4.28. The van der Waals surface area contributed by atoms with Gasteiger partial charge in [0.25, 0.3) is 0 Å². The van der Waals surface area contributed by atoms with E-state index < -0.39 is 5.97 Å². The molecule has 0 radical (unpaired) electrons. The third-order valence-electron chi connectivity index (χ3n) is 2.66. The van der Waals surface area contributed by atoms with Gasteiger partial charge in [-0.3, -0.25) is 4.79 Å². The molecule has 0 aliphatic rings. The topological polar surface area (TPSA) is 63.3 Å². The van der Waals surface area contributed by atoms with Crippen molar-refractivity contribution in [1.82, 2.24) is 4.98 Å². The van der Waals surface area contributed by atoms with Gasteiger partial charge in [0.15, 0.2) is 5.89 Å². The van der Waals surface area contributed by atoms with E-state index in [1.807, 2.05) is 31.2 Å². The summed E-state index contributed by atoms with van der Waals surface area (Å²) in [5.41, 5.74) is 2.35. The average Bonchev–Trinajstić information content (AvgIpc) is 2.77. The fraction of sp³-hybridized carbons (Fsp3) is 0.286. The van der Waals surface area contributed by atoms with E-state index in [2.05, 4.69) is 4.98 Å². The van der Waals surface area contributed by atoms with E-state index in [4.69, 9.17) is 9.52 Å². The van der Waals surface area contributed by atoms with Crippen molar-refractivity contribution in [3.8, 4) is 0 Å². The van der Waals surface area contributed by atoms with Gasteiger partial charge in [0.05, 0.1) is 12.6 Å². The summed E-state index contributed by atoms with van der Waals surface area (Å²) in [5.74, 6) is 0.422. The summed E-state index contributed by atoms with van der Waals surface area (Å²) in [6, 6.07) is 8.17. The van der Waals surface area contributed by atoms with Crippen molar-refractivity contribution >= 4 is 5.97 Å². The Bertz CT molecular complexity index is 528. The standard InChI is InChI=1S/C14H15NO3/c1-10-2-4-11(5-3-10)8-13-15-9-12(18-13)6-7-14(16)17/h2-5,9H,6-8H2,1H3,(H,16,17). The SMILES string of the molecule is Cc1ccc(Cc2ncc(CCC(=O)O)o2)cc1. The highest BCUT2D eigenvalue weighted by molar-refractivity contribution is 5.66. The minimum absolute atomic E-state index is 0.0686. The predicted octanol–water partition coefficient (Wildman–Crippen LogP) is 2.59. The van der Waals surface area contributed by atoms with Crippen molar-refractivity contribution in [3.05, 3.63) is 53.2 Å². The number of hydrogen-bond acceptors (Lipinski definition) is 3. The van der Waals surface area contributed by atoms with Gasteiger partial charge >= 0.3 is 5.97 Å². The lowest BCUT2D eigenvalue weighted by Gasteiger charge is -1.98. The maximum atomic E-state index is 10.4. The third-order valence-corrected chi connectivity index (χ3v) is 2.66. The molecule has 4 heteroatoms. The maximum Gasteiger partial charge on any atom is 0.303 e. The molecule has 0 aliphatic heterocycles. The number of oxazole rings is 1. The maximum absolute atomic E-state index is 10.4. The number of aromatic nitrogens is 1. The smallest absolute Gasteiger partial charge is 0.303 e. The molecule has 94 valence electrons. The van der Waals surface area contributed by atoms with Crippen molar-refractivity contribution in [1.29, 1.82) is 0 Å². The molecule has 4 nitrogen and oxygen atoms in total. The van der Waals surface area contributed by atoms with E-state index in [0.29, 0.717) is 24.5 Å². The van der Waals surface area contributed by atoms with Crippen LogP contribution in [0.4, 0.5) is 0 Å². The number of nitrogens with zero attached hydrogens (tertiary/aromatic N) is 1. The highest BCUT2D eigenvalue weighted by Crippen LogP contribution is 2.12. The number of benzene rings is 1. The van der Waals surface area contributed by atoms with Gasteiger partial charge in [-0.15, -0.1) is 0 Å². The first-order valence-electron chi connectivity index (χ1n) is 5.84. The molecule has 0 spiro atoms. The van der Waals surface area contributed by atoms with E-state index in [1.165, 1.54) is 5.56 Å². The number of aliphatic carboxylic acids is 1. The fourth-order valence-corrected chi connectivity index (χ4v) is 1.66. The molecule has 0 unspecified atom stereocenters. The number of aryl methyl sites for hydroxylation is 2. The van der Waals surface area contributed by atoms with E-state index in [0.717, 1.165) is 5.56 Å². The molecule has 0 bridgehead atoms. The van der Waals surface area contributed by atoms with Crippen molar-refractivity contribution in [2.45, 2.75) is 26.2 Å². The zero-order valence-corrected chi connectivity index (χ0v) is 10.2. The van der Waals surface area contributed by atoms with Gasteiger partial charge in [-0.1, -0.05) is 29.8 Å². The van der Waals surface area contributed by atoms with Crippen LogP contribution < -0.4 is 0 Å². The Kier molecular flexibility index (Phi) is 3.77. The number of carboxylic acid groups (broad SMARTS) is 1. The molecule has 2 rings (SSSR count). The molecular weight excluding hydrogens is 230 g/mol. The monoisotopic (exact) mass is 245 g/mol. The molecule has 1 N–H and O–H groups in total. The fourth-order valence-electron chi connectivity index (χ4n) is 1.66. The van der Waals surface area contributed by atoms with Crippen LogP contribution in [-0.4, -0.2) is 16.1 Å². The zero-order chi connectivity index (χ0) is 13.0. The lowest BCUT2D eigenvalue weighted by atomic mass is 10.1. The second kappa shape index (κ2) is 5.49. The van der Waals surface area contributed by atoms with Crippen molar-refractivity contribution < 1.29 is 14.3 Å². The Morgan fingerprint density at radius 2 is 2.06 bits per heavy atom. The molecule has 0 fully saturated rings. The first-order chi connectivity index (χ1) is 8.63. The van der Waals surface area contributed by atoms with Crippen LogP contribution in [0.15, 0.2) is 34.9 Å². The highest BCUT2D eigenvalue weighted by atomic mass is 16.4. The summed E-state index contributed by atoms with van der Waals surface area (Å²) in [6.45, 7) is 2.04. The van der Waals surface area contributed by atoms with E-state index in [-0.39, 0.29) is 6.42 Å². The quantitative estimate of drug-likeness (QED) is 0.879. The van der Waals surface area contributed by atoms with Gasteiger partial charge in [-0.2, -0.15) is 0 Å². The second-order valence-corrected chi connectivity index (χ2v) is 4.28. The van der Waals surface area contributed by atoms with E-state index in [9.17, 15) is 4.79 Å². The first kappa shape index (κ1) is 12.4. The Morgan fingerprint density at radius 1 is 1.33 bits per heavy atom. The third kappa shape index (κ3) is 3.45. The average molecular weight is 245 g/mol. The van der Waals surface area contributed by atoms with Crippen LogP contribution in [0.3, 0.4) is 0 Å². The van der Waals surface area contributed by atoms with Crippen LogP contribution >= 0.6 is 0 Å². The lowest BCUT2D eigenvalue weighted by Crippen LogP contribution is -1.96. The van der Waals surface area contributed by atoms with Crippen molar-refractivity contribution in [2.75, 3.05) is 0 Å². The van der Waals surface area contributed by atoms with Gasteiger partial charge in [-0.05, 0) is 12.5 Å². The van der Waals surface area contributed by atoms with Crippen LogP contribution in [0.25, 0.3) is 0 Å². The minimum Gasteiger partial charge on any atom is -0.481 e. The van der Waals surface area contributed by atoms with Crippen molar-refractivity contribution in [3.63, 3.8) is 0 Å². The Balaban J connectivity index is 1.97. The lowest BCUT2D eigenvalue weighted by molar-refractivity contribution is -0.137. The number of rotatable bonds is 5. The summed E-state index contributed by atoms with van der Waals surface area (Å²) in [7, 11) is 0. The highest BCUT2D eigenvalue weighted by Gasteiger charge is 2.06. The van der Waals surface area contributed by atoms with Crippen molar-refractivity contribution in [2.24, 2.45) is 0 Å². The molecule has 1 aromatic carbocycles. The number of carbonyl (C=O) groups is 1. The molecule has 0 saturated heterocycles. The molecule has 18 heavy (non-hydrogen) atoms. The molecule has 2 aromatic rings. The summed E-state index contributed by atoms with van der Waals surface area (Å²) in [4.78, 5) is 14.6. The molecule has 0 saturated carbocycles. The summed E-state index contributed by atoms with van der Waals surface area (Å²) in [5, 5.41) is 8.58. The summed E-state index contributed by atoms with van der Waals surface area (Å²) >= 11 is 0. The molecule has 0 aliphatic carbocycles. The van der Waals surface area contributed by atoms with Crippen LogP contribution in [0.1, 0.15) is 29.2 Å². The van der Waals surface area contributed by atoms with Crippen LogP contribution in [0, 0.1) is 6.92 Å². The Hall–Kier alpha value is -2.10. The van der Waals surface area contributed by atoms with Crippen LogP contribution in [-0.2, 0) is 17.6 Å². The van der Waals surface area contributed by atoms with Gasteiger partial charge in [0.2, 0.25) is 0 Å². The van der Waals surface area contributed by atoms with Gasteiger partial charge in [-0.25, -0.2) is 4.98 Å². The summed E-state index contributed by atoms with van der Waals surface area (Å²) in [6.07, 6.45) is 2.69. The molecule has 1 aromatic heterocycles. The Morgan fingerprint density at radius 3 is 2.72 bits per heavy atom.